The first-order valence-electron chi connectivity index (χ1n) is 5.25. The lowest BCUT2D eigenvalue weighted by molar-refractivity contribution is -0.130. The van der Waals surface area contributed by atoms with Gasteiger partial charge in [-0.25, -0.2) is 0 Å². The molecule has 0 spiro atoms. The molecule has 3 nitrogen and oxygen atoms in total. The van der Waals surface area contributed by atoms with Gasteiger partial charge in [0.25, 0.3) is 0 Å². The lowest BCUT2D eigenvalue weighted by atomic mass is 10.1. The standard InChI is InChI=1S/C12H17ClN2O.ClH/c1-9(8-14)15(2)12(16)7-10-5-3-4-6-11(10)13;/h3-6,9H,7-8,14H2,1-2H3;1H. The average molecular weight is 277 g/mol. The summed E-state index contributed by atoms with van der Waals surface area (Å²) < 4.78 is 0. The van der Waals surface area contributed by atoms with Crippen LogP contribution in [0.4, 0.5) is 0 Å². The van der Waals surface area contributed by atoms with Crippen LogP contribution in [0.1, 0.15) is 12.5 Å². The first-order chi connectivity index (χ1) is 7.56. The fraction of sp³-hybridized carbons (Fsp3) is 0.417. The first kappa shape index (κ1) is 16.2. The van der Waals surface area contributed by atoms with E-state index < -0.39 is 0 Å². The number of hydrogen-bond donors (Lipinski definition) is 1. The maximum atomic E-state index is 11.9. The Morgan fingerprint density at radius 3 is 2.59 bits per heavy atom. The minimum absolute atomic E-state index is 0. The highest BCUT2D eigenvalue weighted by molar-refractivity contribution is 6.31. The monoisotopic (exact) mass is 276 g/mol. The summed E-state index contributed by atoms with van der Waals surface area (Å²) in [6.45, 7) is 2.38. The highest BCUT2D eigenvalue weighted by Gasteiger charge is 2.15. The fourth-order valence-corrected chi connectivity index (χ4v) is 1.54. The summed E-state index contributed by atoms with van der Waals surface area (Å²) >= 11 is 5.99. The summed E-state index contributed by atoms with van der Waals surface area (Å²) in [6.07, 6.45) is 0.320. The molecule has 5 heteroatoms. The van der Waals surface area contributed by atoms with Gasteiger partial charge in [0.2, 0.25) is 5.91 Å². The van der Waals surface area contributed by atoms with E-state index >= 15 is 0 Å². The molecule has 1 unspecified atom stereocenters. The second-order valence-corrected chi connectivity index (χ2v) is 4.26. The second kappa shape index (κ2) is 7.54. The summed E-state index contributed by atoms with van der Waals surface area (Å²) in [5, 5.41) is 0.629. The summed E-state index contributed by atoms with van der Waals surface area (Å²) in [5.74, 6) is 0.0334. The quantitative estimate of drug-likeness (QED) is 0.916. The number of carbonyl (C=O) groups is 1. The zero-order chi connectivity index (χ0) is 12.1. The summed E-state index contributed by atoms with van der Waals surface area (Å²) in [6, 6.07) is 7.43. The molecule has 17 heavy (non-hydrogen) atoms. The largest absolute Gasteiger partial charge is 0.341 e. The van der Waals surface area contributed by atoms with Gasteiger partial charge in [0.1, 0.15) is 0 Å². The van der Waals surface area contributed by atoms with Crippen LogP contribution in [0, 0.1) is 0 Å². The van der Waals surface area contributed by atoms with Gasteiger partial charge >= 0.3 is 0 Å². The zero-order valence-electron chi connectivity index (χ0n) is 10.0. The molecule has 0 saturated carbocycles. The molecule has 96 valence electrons. The molecule has 1 rings (SSSR count). The van der Waals surface area contributed by atoms with E-state index in [1.807, 2.05) is 25.1 Å². The van der Waals surface area contributed by atoms with Crippen molar-refractivity contribution in [3.63, 3.8) is 0 Å². The van der Waals surface area contributed by atoms with Crippen molar-refractivity contribution in [3.05, 3.63) is 34.9 Å². The van der Waals surface area contributed by atoms with Crippen LogP contribution in [0.15, 0.2) is 24.3 Å². The molecule has 0 radical (unpaired) electrons. The number of nitrogens with zero attached hydrogens (tertiary/aromatic N) is 1. The number of carbonyl (C=O) groups excluding carboxylic acids is 1. The predicted molar refractivity (Wildman–Crippen MR) is 73.7 cm³/mol. The Balaban J connectivity index is 0.00000256. The SMILES string of the molecule is CC(CN)N(C)C(=O)Cc1ccccc1Cl.Cl. The van der Waals surface area contributed by atoms with Crippen molar-refractivity contribution < 1.29 is 4.79 Å². The molecule has 0 saturated heterocycles. The van der Waals surface area contributed by atoms with E-state index in [1.54, 1.807) is 18.0 Å². The van der Waals surface area contributed by atoms with E-state index in [9.17, 15) is 4.79 Å². The zero-order valence-corrected chi connectivity index (χ0v) is 11.6. The van der Waals surface area contributed by atoms with Gasteiger partial charge in [-0.1, -0.05) is 29.8 Å². The van der Waals surface area contributed by atoms with E-state index in [4.69, 9.17) is 17.3 Å². The minimum atomic E-state index is 0. The number of amides is 1. The molecular formula is C12H18Cl2N2O. The first-order valence-corrected chi connectivity index (χ1v) is 5.63. The van der Waals surface area contributed by atoms with Crippen LogP contribution in [-0.4, -0.2) is 30.4 Å². The molecule has 0 aliphatic carbocycles. The van der Waals surface area contributed by atoms with Gasteiger partial charge < -0.3 is 10.6 Å². The van der Waals surface area contributed by atoms with Gasteiger partial charge in [-0.05, 0) is 18.6 Å². The van der Waals surface area contributed by atoms with E-state index in [-0.39, 0.29) is 24.4 Å². The molecule has 0 fully saturated rings. The molecule has 0 bridgehead atoms. The Morgan fingerprint density at radius 1 is 1.47 bits per heavy atom. The number of rotatable bonds is 4. The van der Waals surface area contributed by atoms with Crippen LogP contribution >= 0.6 is 24.0 Å². The Hall–Kier alpha value is -0.770. The van der Waals surface area contributed by atoms with Gasteiger partial charge in [0.05, 0.1) is 6.42 Å². The summed E-state index contributed by atoms with van der Waals surface area (Å²) in [4.78, 5) is 13.5. The Morgan fingerprint density at radius 2 is 2.06 bits per heavy atom. The number of benzene rings is 1. The van der Waals surface area contributed by atoms with Crippen molar-refractivity contribution in [2.45, 2.75) is 19.4 Å². The van der Waals surface area contributed by atoms with Crippen molar-refractivity contribution in [1.82, 2.24) is 4.90 Å². The van der Waals surface area contributed by atoms with Crippen molar-refractivity contribution in [3.8, 4) is 0 Å². The third-order valence-electron chi connectivity index (χ3n) is 2.70. The summed E-state index contributed by atoms with van der Waals surface area (Å²) in [7, 11) is 1.76. The molecule has 0 aromatic heterocycles. The van der Waals surface area contributed by atoms with Crippen LogP contribution in [0.3, 0.4) is 0 Å². The maximum Gasteiger partial charge on any atom is 0.227 e. The summed E-state index contributed by atoms with van der Waals surface area (Å²) in [5.41, 5.74) is 6.37. The van der Waals surface area contributed by atoms with Crippen molar-refractivity contribution in [2.24, 2.45) is 5.73 Å². The van der Waals surface area contributed by atoms with Crippen LogP contribution in [0.5, 0.6) is 0 Å². The van der Waals surface area contributed by atoms with Crippen LogP contribution in [0.25, 0.3) is 0 Å². The van der Waals surface area contributed by atoms with E-state index in [1.165, 1.54) is 0 Å². The smallest absolute Gasteiger partial charge is 0.227 e. The topological polar surface area (TPSA) is 46.3 Å². The Kier molecular flexibility index (Phi) is 7.19. The van der Waals surface area contributed by atoms with E-state index in [2.05, 4.69) is 0 Å². The number of nitrogens with two attached hydrogens (primary N) is 1. The lowest BCUT2D eigenvalue weighted by Crippen LogP contribution is -2.40. The second-order valence-electron chi connectivity index (χ2n) is 3.86. The molecule has 0 aliphatic rings. The van der Waals surface area contributed by atoms with Gasteiger partial charge in [0, 0.05) is 24.7 Å². The van der Waals surface area contributed by atoms with Gasteiger partial charge in [-0.15, -0.1) is 12.4 Å². The fourth-order valence-electron chi connectivity index (χ4n) is 1.33. The third kappa shape index (κ3) is 4.54. The molecule has 2 N–H and O–H groups in total. The van der Waals surface area contributed by atoms with Gasteiger partial charge in [-0.3, -0.25) is 4.79 Å². The molecule has 1 aromatic rings. The van der Waals surface area contributed by atoms with Crippen molar-refractivity contribution >= 4 is 29.9 Å². The van der Waals surface area contributed by atoms with Crippen molar-refractivity contribution in [2.75, 3.05) is 13.6 Å². The van der Waals surface area contributed by atoms with Gasteiger partial charge in [-0.2, -0.15) is 0 Å². The van der Waals surface area contributed by atoms with Gasteiger partial charge in [0.15, 0.2) is 0 Å². The molecule has 1 aromatic carbocycles. The predicted octanol–water partition coefficient (Wildman–Crippen LogP) is 2.11. The molecule has 1 amide bonds. The molecular weight excluding hydrogens is 259 g/mol. The lowest BCUT2D eigenvalue weighted by Gasteiger charge is -2.23. The average Bonchev–Trinajstić information content (AvgIpc) is 2.30. The van der Waals surface area contributed by atoms with Crippen molar-refractivity contribution in [1.29, 1.82) is 0 Å². The third-order valence-corrected chi connectivity index (χ3v) is 3.06. The Labute approximate surface area is 113 Å². The van der Waals surface area contributed by atoms with Crippen LogP contribution < -0.4 is 5.73 Å². The number of halogens is 2. The maximum absolute atomic E-state index is 11.9. The number of hydrogen-bond acceptors (Lipinski definition) is 2. The normalized spacial score (nSPS) is 11.5. The molecule has 0 aliphatic heterocycles. The highest BCUT2D eigenvalue weighted by atomic mass is 35.5. The van der Waals surface area contributed by atoms with Crippen LogP contribution in [-0.2, 0) is 11.2 Å². The molecule has 0 heterocycles. The highest BCUT2D eigenvalue weighted by Crippen LogP contribution is 2.16. The number of likely N-dealkylation sites (N-methyl/N-ethyl adjacent to an activating group) is 1. The Bertz CT molecular complexity index is 371. The molecule has 1 atom stereocenters. The minimum Gasteiger partial charge on any atom is -0.341 e. The van der Waals surface area contributed by atoms with E-state index in [0.717, 1.165) is 5.56 Å². The van der Waals surface area contributed by atoms with E-state index in [0.29, 0.717) is 18.0 Å². The van der Waals surface area contributed by atoms with Crippen LogP contribution in [0.2, 0.25) is 5.02 Å².